The summed E-state index contributed by atoms with van der Waals surface area (Å²) < 4.78 is 45.7. The second-order valence-electron chi connectivity index (χ2n) is 7.69. The summed E-state index contributed by atoms with van der Waals surface area (Å²) in [5.41, 5.74) is 0.829. The van der Waals surface area contributed by atoms with Crippen LogP contribution in [0.5, 0.6) is 17.2 Å². The second kappa shape index (κ2) is 8.96. The molecule has 3 aromatic rings. The van der Waals surface area contributed by atoms with Crippen LogP contribution < -0.4 is 14.2 Å². The molecule has 0 bridgehead atoms. The molecular weight excluding hydrogens is 448 g/mol. The third-order valence-corrected chi connectivity index (χ3v) is 7.59. The maximum Gasteiger partial charge on any atom is 0.243 e. The summed E-state index contributed by atoms with van der Waals surface area (Å²) in [7, 11) is -2.01. The minimum Gasteiger partial charge on any atom is -0.497 e. The Morgan fingerprint density at radius 3 is 2.42 bits per heavy atom. The molecule has 0 atom stereocenters. The van der Waals surface area contributed by atoms with Crippen molar-refractivity contribution < 1.29 is 22.6 Å². The Morgan fingerprint density at radius 1 is 0.970 bits per heavy atom. The van der Waals surface area contributed by atoms with E-state index < -0.39 is 10.0 Å². The minimum absolute atomic E-state index is 0.212. The second-order valence-corrected chi connectivity index (χ2v) is 9.63. The smallest absolute Gasteiger partial charge is 0.243 e. The topological polar surface area (TPSA) is 112 Å². The molecule has 0 N–H and O–H groups in total. The van der Waals surface area contributed by atoms with Gasteiger partial charge >= 0.3 is 0 Å². The average Bonchev–Trinajstić information content (AvgIpc) is 3.32. The molecule has 1 fully saturated rings. The summed E-state index contributed by atoms with van der Waals surface area (Å²) in [5, 5.41) is 12.1. The van der Waals surface area contributed by atoms with Gasteiger partial charge in [-0.15, -0.1) is 5.10 Å². The zero-order chi connectivity index (χ0) is 22.8. The molecule has 2 aromatic carbocycles. The molecule has 0 spiro atoms. The normalized spacial score (nSPS) is 17.1. The third kappa shape index (κ3) is 4.36. The van der Waals surface area contributed by atoms with Crippen LogP contribution in [0.25, 0.3) is 5.69 Å². The predicted octanol–water partition coefficient (Wildman–Crippen LogP) is 0.949. The van der Waals surface area contributed by atoms with Crippen LogP contribution in [0.4, 0.5) is 0 Å². The van der Waals surface area contributed by atoms with E-state index in [1.54, 1.807) is 30.0 Å². The number of tetrazole rings is 1. The fourth-order valence-corrected chi connectivity index (χ4v) is 5.33. The van der Waals surface area contributed by atoms with Gasteiger partial charge in [0.1, 0.15) is 19.0 Å². The van der Waals surface area contributed by atoms with Crippen molar-refractivity contribution in [2.75, 3.05) is 46.5 Å². The van der Waals surface area contributed by atoms with Crippen LogP contribution in [0.2, 0.25) is 0 Å². The van der Waals surface area contributed by atoms with Gasteiger partial charge in [0.2, 0.25) is 10.0 Å². The van der Waals surface area contributed by atoms with Crippen LogP contribution in [0.3, 0.4) is 0 Å². The van der Waals surface area contributed by atoms with Crippen molar-refractivity contribution in [3.8, 4) is 22.9 Å². The lowest BCUT2D eigenvalue weighted by Crippen LogP contribution is -2.48. The van der Waals surface area contributed by atoms with Crippen LogP contribution in [0, 0.1) is 0 Å². The molecule has 12 heteroatoms. The van der Waals surface area contributed by atoms with Crippen molar-refractivity contribution in [3.63, 3.8) is 0 Å². The third-order valence-electron chi connectivity index (χ3n) is 5.70. The predicted molar refractivity (Wildman–Crippen MR) is 117 cm³/mol. The number of nitrogens with zero attached hydrogens (tertiary/aromatic N) is 6. The molecule has 0 radical (unpaired) electrons. The molecule has 3 heterocycles. The first-order valence-corrected chi connectivity index (χ1v) is 12.0. The summed E-state index contributed by atoms with van der Waals surface area (Å²) in [6, 6.07) is 12.2. The molecule has 0 aliphatic carbocycles. The number of methoxy groups -OCH3 is 1. The van der Waals surface area contributed by atoms with Crippen molar-refractivity contribution in [1.29, 1.82) is 0 Å². The molecule has 2 aliphatic heterocycles. The molecule has 1 aromatic heterocycles. The van der Waals surface area contributed by atoms with Gasteiger partial charge in [0.25, 0.3) is 0 Å². The molecule has 2 aliphatic rings. The Labute approximate surface area is 191 Å². The molecule has 5 rings (SSSR count). The van der Waals surface area contributed by atoms with E-state index in [9.17, 15) is 8.42 Å². The van der Waals surface area contributed by atoms with Crippen molar-refractivity contribution in [2.24, 2.45) is 0 Å². The zero-order valence-electron chi connectivity index (χ0n) is 18.1. The van der Waals surface area contributed by atoms with Crippen LogP contribution in [-0.2, 0) is 16.6 Å². The SMILES string of the molecule is COc1ccc(-n2nnnc2CN2CCN(S(=O)(=O)c3ccc4c(c3)OCCO4)CC2)cc1. The lowest BCUT2D eigenvalue weighted by atomic mass is 10.3. The lowest BCUT2D eigenvalue weighted by molar-refractivity contribution is 0.170. The number of rotatable bonds is 6. The molecular formula is C21H24N6O5S. The molecule has 11 nitrogen and oxygen atoms in total. The van der Waals surface area contributed by atoms with Crippen LogP contribution in [-0.4, -0.2) is 84.3 Å². The van der Waals surface area contributed by atoms with Gasteiger partial charge in [-0.05, 0) is 46.8 Å². The Morgan fingerprint density at radius 2 is 1.70 bits per heavy atom. The van der Waals surface area contributed by atoms with Gasteiger partial charge in [0, 0.05) is 32.2 Å². The largest absolute Gasteiger partial charge is 0.497 e. The van der Waals surface area contributed by atoms with E-state index in [-0.39, 0.29) is 4.90 Å². The summed E-state index contributed by atoms with van der Waals surface area (Å²) >= 11 is 0. The minimum atomic E-state index is -3.63. The van der Waals surface area contributed by atoms with E-state index in [1.165, 1.54) is 4.31 Å². The van der Waals surface area contributed by atoms with Gasteiger partial charge in [-0.3, -0.25) is 4.90 Å². The van der Waals surface area contributed by atoms with Crippen LogP contribution in [0.15, 0.2) is 47.4 Å². The van der Waals surface area contributed by atoms with E-state index in [2.05, 4.69) is 20.4 Å². The highest BCUT2D eigenvalue weighted by atomic mass is 32.2. The molecule has 33 heavy (non-hydrogen) atoms. The summed E-state index contributed by atoms with van der Waals surface area (Å²) in [6.45, 7) is 3.27. The lowest BCUT2D eigenvalue weighted by Gasteiger charge is -2.33. The monoisotopic (exact) mass is 472 g/mol. The van der Waals surface area contributed by atoms with Crippen molar-refractivity contribution in [1.82, 2.24) is 29.4 Å². The fraction of sp³-hybridized carbons (Fsp3) is 0.381. The standard InChI is InChI=1S/C21H24N6O5S/c1-30-17-4-2-16(3-5-17)27-21(22-23-24-27)15-25-8-10-26(11-9-25)33(28,29)18-6-7-19-20(14-18)32-13-12-31-19/h2-7,14H,8-13,15H2,1H3. The number of fused-ring (bicyclic) bond motifs is 1. The van der Waals surface area contributed by atoms with Crippen molar-refractivity contribution in [2.45, 2.75) is 11.4 Å². The Bertz CT molecular complexity index is 1220. The number of sulfonamides is 1. The van der Waals surface area contributed by atoms with E-state index in [1.807, 2.05) is 24.3 Å². The number of benzene rings is 2. The van der Waals surface area contributed by atoms with Crippen molar-refractivity contribution in [3.05, 3.63) is 48.3 Å². The van der Waals surface area contributed by atoms with Crippen molar-refractivity contribution >= 4 is 10.0 Å². The zero-order valence-corrected chi connectivity index (χ0v) is 18.9. The van der Waals surface area contributed by atoms with Crippen LogP contribution in [0.1, 0.15) is 5.82 Å². The number of ether oxygens (including phenoxy) is 3. The van der Waals surface area contributed by atoms with E-state index in [0.717, 1.165) is 11.4 Å². The first kappa shape index (κ1) is 21.6. The average molecular weight is 473 g/mol. The molecule has 1 saturated heterocycles. The van der Waals surface area contributed by atoms with Gasteiger partial charge in [0.05, 0.1) is 24.2 Å². The van der Waals surface area contributed by atoms with Gasteiger partial charge in [-0.2, -0.15) is 8.99 Å². The number of hydrogen-bond acceptors (Lipinski definition) is 9. The number of aromatic nitrogens is 4. The highest BCUT2D eigenvalue weighted by Crippen LogP contribution is 2.33. The maximum atomic E-state index is 13.2. The fourth-order valence-electron chi connectivity index (χ4n) is 3.89. The summed E-state index contributed by atoms with van der Waals surface area (Å²) in [4.78, 5) is 2.35. The molecule has 0 saturated carbocycles. The summed E-state index contributed by atoms with van der Waals surface area (Å²) in [5.74, 6) is 2.47. The quantitative estimate of drug-likeness (QED) is 0.517. The number of hydrogen-bond donors (Lipinski definition) is 0. The van der Waals surface area contributed by atoms with Gasteiger partial charge in [-0.25, -0.2) is 8.42 Å². The highest BCUT2D eigenvalue weighted by Gasteiger charge is 2.30. The van der Waals surface area contributed by atoms with E-state index in [0.29, 0.717) is 63.3 Å². The molecule has 0 amide bonds. The first-order chi connectivity index (χ1) is 16.0. The number of piperazine rings is 1. The summed E-state index contributed by atoms with van der Waals surface area (Å²) in [6.07, 6.45) is 0. The van der Waals surface area contributed by atoms with Gasteiger partial charge in [0.15, 0.2) is 17.3 Å². The van der Waals surface area contributed by atoms with Crippen LogP contribution >= 0.6 is 0 Å². The Balaban J connectivity index is 1.24. The Kier molecular flexibility index (Phi) is 5.87. The molecule has 174 valence electrons. The maximum absolute atomic E-state index is 13.2. The highest BCUT2D eigenvalue weighted by molar-refractivity contribution is 7.89. The van der Waals surface area contributed by atoms with E-state index in [4.69, 9.17) is 14.2 Å². The van der Waals surface area contributed by atoms with E-state index >= 15 is 0 Å². The van der Waals surface area contributed by atoms with Gasteiger partial charge < -0.3 is 14.2 Å². The first-order valence-electron chi connectivity index (χ1n) is 10.6. The Hall–Kier alpha value is -3.22. The van der Waals surface area contributed by atoms with Gasteiger partial charge in [-0.1, -0.05) is 0 Å². The molecule has 0 unspecified atom stereocenters.